The first-order valence-electron chi connectivity index (χ1n) is 5.75. The minimum absolute atomic E-state index is 0.978. The smallest absolute Gasteiger partial charge is 0.0920 e. The maximum absolute atomic E-state index is 4.17. The van der Waals surface area contributed by atoms with E-state index in [9.17, 15) is 0 Å². The summed E-state index contributed by atoms with van der Waals surface area (Å²) in [5, 5.41) is 7.00. The summed E-state index contributed by atoms with van der Waals surface area (Å²) in [6, 6.07) is 20.8. The molecule has 2 aromatic carbocycles. The molecule has 0 radical (unpaired) electrons. The van der Waals surface area contributed by atoms with Gasteiger partial charge in [-0.25, -0.2) is 0 Å². The van der Waals surface area contributed by atoms with Crippen LogP contribution in [-0.4, -0.2) is 10.2 Å². The zero-order valence-corrected chi connectivity index (χ0v) is 10.5. The van der Waals surface area contributed by atoms with Crippen LogP contribution in [0.5, 0.6) is 0 Å². The first-order chi connectivity index (χ1) is 8.92. The summed E-state index contributed by atoms with van der Waals surface area (Å²) in [6.45, 7) is 0. The van der Waals surface area contributed by atoms with E-state index in [1.165, 1.54) is 9.79 Å². The Morgan fingerprint density at radius 2 is 1.50 bits per heavy atom. The zero-order valence-electron chi connectivity index (χ0n) is 9.71. The van der Waals surface area contributed by atoms with E-state index in [1.807, 2.05) is 18.3 Å². The summed E-state index contributed by atoms with van der Waals surface area (Å²) in [5.41, 5.74) is 2.11. The SMILES string of the molecule is c1ccc(Sc2ccc(-c3cc[nH]n3)cc2)cc1. The number of nitrogens with zero attached hydrogens (tertiary/aromatic N) is 1. The first-order valence-corrected chi connectivity index (χ1v) is 6.56. The first kappa shape index (κ1) is 11.1. The third-order valence-corrected chi connectivity index (χ3v) is 3.65. The molecule has 0 saturated heterocycles. The number of rotatable bonds is 3. The third kappa shape index (κ3) is 2.46. The van der Waals surface area contributed by atoms with Crippen molar-refractivity contribution in [3.63, 3.8) is 0 Å². The van der Waals surface area contributed by atoms with E-state index in [1.54, 1.807) is 11.8 Å². The Kier molecular flexibility index (Phi) is 3.15. The zero-order chi connectivity index (χ0) is 12.2. The predicted molar refractivity (Wildman–Crippen MR) is 74.6 cm³/mol. The second-order valence-corrected chi connectivity index (χ2v) is 5.05. The van der Waals surface area contributed by atoms with Gasteiger partial charge in [-0.2, -0.15) is 5.10 Å². The molecular weight excluding hydrogens is 240 g/mol. The van der Waals surface area contributed by atoms with Gasteiger partial charge in [-0.05, 0) is 30.3 Å². The fourth-order valence-corrected chi connectivity index (χ4v) is 2.58. The molecule has 0 aliphatic carbocycles. The highest BCUT2D eigenvalue weighted by Gasteiger charge is 2.00. The second kappa shape index (κ2) is 5.10. The molecule has 0 aliphatic heterocycles. The highest BCUT2D eigenvalue weighted by Crippen LogP contribution is 2.28. The van der Waals surface area contributed by atoms with Crippen LogP contribution in [0, 0.1) is 0 Å². The molecule has 0 spiro atoms. The molecule has 0 bridgehead atoms. The molecule has 0 saturated carbocycles. The average molecular weight is 252 g/mol. The van der Waals surface area contributed by atoms with Crippen molar-refractivity contribution >= 4 is 11.8 Å². The summed E-state index contributed by atoms with van der Waals surface area (Å²) in [5.74, 6) is 0. The molecule has 0 fully saturated rings. The largest absolute Gasteiger partial charge is 0.285 e. The monoisotopic (exact) mass is 252 g/mol. The molecule has 88 valence electrons. The quantitative estimate of drug-likeness (QED) is 0.755. The van der Waals surface area contributed by atoms with Gasteiger partial charge in [0.15, 0.2) is 0 Å². The van der Waals surface area contributed by atoms with E-state index < -0.39 is 0 Å². The molecule has 0 atom stereocenters. The van der Waals surface area contributed by atoms with Crippen LogP contribution < -0.4 is 0 Å². The Labute approximate surface area is 110 Å². The normalized spacial score (nSPS) is 10.4. The van der Waals surface area contributed by atoms with Crippen molar-refractivity contribution in [3.05, 3.63) is 66.9 Å². The maximum Gasteiger partial charge on any atom is 0.0920 e. The van der Waals surface area contributed by atoms with Crippen molar-refractivity contribution in [2.75, 3.05) is 0 Å². The second-order valence-electron chi connectivity index (χ2n) is 3.90. The highest BCUT2D eigenvalue weighted by atomic mass is 32.2. The Morgan fingerprint density at radius 3 is 2.17 bits per heavy atom. The molecular formula is C15H12N2S. The van der Waals surface area contributed by atoms with Gasteiger partial charge in [-0.1, -0.05) is 42.1 Å². The predicted octanol–water partition coefficient (Wildman–Crippen LogP) is 4.23. The van der Waals surface area contributed by atoms with Crippen molar-refractivity contribution in [1.29, 1.82) is 0 Å². The lowest BCUT2D eigenvalue weighted by molar-refractivity contribution is 1.09. The van der Waals surface area contributed by atoms with Gasteiger partial charge in [0.25, 0.3) is 0 Å². The molecule has 1 heterocycles. The molecule has 3 rings (SSSR count). The molecule has 0 unspecified atom stereocenters. The molecule has 18 heavy (non-hydrogen) atoms. The molecule has 3 heteroatoms. The Hall–Kier alpha value is -2.00. The van der Waals surface area contributed by atoms with Crippen molar-refractivity contribution in [2.45, 2.75) is 9.79 Å². The summed E-state index contributed by atoms with van der Waals surface area (Å²) in [7, 11) is 0. The van der Waals surface area contributed by atoms with Crippen LogP contribution in [0.4, 0.5) is 0 Å². The Balaban J connectivity index is 1.80. The van der Waals surface area contributed by atoms with E-state index in [2.05, 4.69) is 58.7 Å². The summed E-state index contributed by atoms with van der Waals surface area (Å²) in [4.78, 5) is 2.49. The molecule has 0 aliphatic rings. The number of hydrogen-bond acceptors (Lipinski definition) is 2. The molecule has 1 N–H and O–H groups in total. The van der Waals surface area contributed by atoms with Crippen LogP contribution >= 0.6 is 11.8 Å². The summed E-state index contributed by atoms with van der Waals surface area (Å²) in [6.07, 6.45) is 1.84. The summed E-state index contributed by atoms with van der Waals surface area (Å²) < 4.78 is 0. The van der Waals surface area contributed by atoms with Crippen LogP contribution in [0.3, 0.4) is 0 Å². The minimum Gasteiger partial charge on any atom is -0.285 e. The van der Waals surface area contributed by atoms with Crippen LogP contribution in [0.15, 0.2) is 76.7 Å². The van der Waals surface area contributed by atoms with E-state index in [0.717, 1.165) is 11.3 Å². The topological polar surface area (TPSA) is 28.7 Å². The van der Waals surface area contributed by atoms with Crippen LogP contribution in [0.25, 0.3) is 11.3 Å². The van der Waals surface area contributed by atoms with Crippen LogP contribution in [0.1, 0.15) is 0 Å². The molecule has 3 aromatic rings. The van der Waals surface area contributed by atoms with Gasteiger partial charge in [0, 0.05) is 21.6 Å². The van der Waals surface area contributed by atoms with Gasteiger partial charge >= 0.3 is 0 Å². The van der Waals surface area contributed by atoms with E-state index in [4.69, 9.17) is 0 Å². The van der Waals surface area contributed by atoms with Gasteiger partial charge in [0.05, 0.1) is 5.69 Å². The Bertz CT molecular complexity index is 601. The van der Waals surface area contributed by atoms with Crippen LogP contribution in [-0.2, 0) is 0 Å². The maximum atomic E-state index is 4.17. The van der Waals surface area contributed by atoms with Crippen molar-refractivity contribution < 1.29 is 0 Å². The van der Waals surface area contributed by atoms with Gasteiger partial charge in [0.2, 0.25) is 0 Å². The highest BCUT2D eigenvalue weighted by molar-refractivity contribution is 7.99. The van der Waals surface area contributed by atoms with Crippen molar-refractivity contribution in [2.24, 2.45) is 0 Å². The van der Waals surface area contributed by atoms with Crippen molar-refractivity contribution in [1.82, 2.24) is 10.2 Å². The third-order valence-electron chi connectivity index (χ3n) is 2.63. The van der Waals surface area contributed by atoms with Crippen LogP contribution in [0.2, 0.25) is 0 Å². The van der Waals surface area contributed by atoms with E-state index >= 15 is 0 Å². The van der Waals surface area contributed by atoms with E-state index in [0.29, 0.717) is 0 Å². The fourth-order valence-electron chi connectivity index (χ4n) is 1.74. The molecule has 2 nitrogen and oxygen atoms in total. The lowest BCUT2D eigenvalue weighted by Crippen LogP contribution is -1.78. The standard InChI is InChI=1S/C15H12N2S/c1-2-4-13(5-3-1)18-14-8-6-12(7-9-14)15-10-11-16-17-15/h1-11H,(H,16,17). The molecule has 0 amide bonds. The number of nitrogens with one attached hydrogen (secondary N) is 1. The number of benzene rings is 2. The number of aromatic amines is 1. The number of aromatic nitrogens is 2. The van der Waals surface area contributed by atoms with Crippen molar-refractivity contribution in [3.8, 4) is 11.3 Å². The summed E-state index contributed by atoms with van der Waals surface area (Å²) >= 11 is 1.77. The number of H-pyrrole nitrogens is 1. The number of hydrogen-bond donors (Lipinski definition) is 1. The average Bonchev–Trinajstić information content (AvgIpc) is 2.95. The van der Waals surface area contributed by atoms with E-state index in [-0.39, 0.29) is 0 Å². The Morgan fingerprint density at radius 1 is 0.778 bits per heavy atom. The lowest BCUT2D eigenvalue weighted by Gasteiger charge is -2.02. The lowest BCUT2D eigenvalue weighted by atomic mass is 10.2. The molecule has 1 aromatic heterocycles. The van der Waals surface area contributed by atoms with Gasteiger partial charge in [-0.15, -0.1) is 0 Å². The minimum atomic E-state index is 0.978. The fraction of sp³-hybridized carbons (Fsp3) is 0. The van der Waals surface area contributed by atoms with Gasteiger partial charge in [-0.3, -0.25) is 5.10 Å². The van der Waals surface area contributed by atoms with Gasteiger partial charge < -0.3 is 0 Å². The van der Waals surface area contributed by atoms with Gasteiger partial charge in [0.1, 0.15) is 0 Å².